The van der Waals surface area contributed by atoms with Crippen molar-refractivity contribution in [3.63, 3.8) is 0 Å². The van der Waals surface area contributed by atoms with Crippen LogP contribution in [0, 0.1) is 16.7 Å². The fourth-order valence-corrected chi connectivity index (χ4v) is 7.26. The number of carbonyl (C=O) groups is 1. The third-order valence-corrected chi connectivity index (χ3v) is 7.70. The highest BCUT2D eigenvalue weighted by atomic mass is 16.3. The third kappa shape index (κ3) is 2.45. The number of carbonyl (C=O) groups excluding carboxylic acids is 1. The standard InChI is InChI=1S/C22H30N2O2/c1-19-7-16-8-20(10-19,17-5-3-2-4-6-17)12-21(9-16,11-19)18(25)24-15-22(26)13-23-14-22/h2-6,16,23,26H,7-15H2,1H3,(H,24,25). The molecular formula is C22H30N2O2. The molecule has 1 heterocycles. The molecule has 1 aromatic rings. The molecule has 140 valence electrons. The number of amides is 1. The van der Waals surface area contributed by atoms with E-state index in [1.54, 1.807) is 0 Å². The average molecular weight is 354 g/mol. The normalized spacial score (nSPS) is 42.3. The molecule has 1 saturated heterocycles. The summed E-state index contributed by atoms with van der Waals surface area (Å²) < 4.78 is 0. The Labute approximate surface area is 155 Å². The topological polar surface area (TPSA) is 61.4 Å². The van der Waals surface area contributed by atoms with Crippen LogP contribution in [0.3, 0.4) is 0 Å². The lowest BCUT2D eigenvalue weighted by Gasteiger charge is -2.65. The SMILES string of the molecule is CC12CC3CC(C(=O)NCC4(O)CNC4)(C1)CC(c1ccccc1)(C3)C2. The maximum absolute atomic E-state index is 13.4. The van der Waals surface area contributed by atoms with Gasteiger partial charge in [0, 0.05) is 19.6 Å². The Morgan fingerprint density at radius 1 is 1.15 bits per heavy atom. The van der Waals surface area contributed by atoms with Gasteiger partial charge in [0.05, 0.1) is 5.41 Å². The van der Waals surface area contributed by atoms with E-state index in [0.29, 0.717) is 25.6 Å². The van der Waals surface area contributed by atoms with Gasteiger partial charge in [0.1, 0.15) is 5.60 Å². The summed E-state index contributed by atoms with van der Waals surface area (Å²) in [5.74, 6) is 0.837. The van der Waals surface area contributed by atoms with Gasteiger partial charge in [0.15, 0.2) is 0 Å². The minimum atomic E-state index is -0.751. The minimum absolute atomic E-state index is 0.154. The van der Waals surface area contributed by atoms with Crippen LogP contribution in [0.15, 0.2) is 30.3 Å². The summed E-state index contributed by atoms with van der Waals surface area (Å²) >= 11 is 0. The second kappa shape index (κ2) is 5.32. The summed E-state index contributed by atoms with van der Waals surface area (Å²) in [4.78, 5) is 13.4. The predicted octanol–water partition coefficient (Wildman–Crippen LogP) is 2.37. The lowest BCUT2D eigenvalue weighted by molar-refractivity contribution is -0.161. The lowest BCUT2D eigenvalue weighted by atomic mass is 9.38. The van der Waals surface area contributed by atoms with Gasteiger partial charge in [-0.1, -0.05) is 37.3 Å². The summed E-state index contributed by atoms with van der Waals surface area (Å²) in [5.41, 5.74) is 0.842. The summed E-state index contributed by atoms with van der Waals surface area (Å²) in [6, 6.07) is 10.9. The van der Waals surface area contributed by atoms with Gasteiger partial charge in [-0.2, -0.15) is 0 Å². The number of hydrogen-bond donors (Lipinski definition) is 3. The van der Waals surface area contributed by atoms with Crippen molar-refractivity contribution in [1.29, 1.82) is 0 Å². The fraction of sp³-hybridized carbons (Fsp3) is 0.682. The highest BCUT2D eigenvalue weighted by Gasteiger charge is 2.64. The molecular weight excluding hydrogens is 324 g/mol. The van der Waals surface area contributed by atoms with Crippen LogP contribution in [-0.4, -0.2) is 36.2 Å². The second-order valence-corrected chi connectivity index (χ2v) is 10.3. The van der Waals surface area contributed by atoms with Gasteiger partial charge in [-0.15, -0.1) is 0 Å². The van der Waals surface area contributed by atoms with Crippen molar-refractivity contribution in [2.45, 2.75) is 56.5 Å². The van der Waals surface area contributed by atoms with Gasteiger partial charge in [-0.05, 0) is 60.8 Å². The Balaban J connectivity index is 1.45. The molecule has 1 amide bonds. The highest BCUT2D eigenvalue weighted by Crippen LogP contribution is 2.70. The summed E-state index contributed by atoms with van der Waals surface area (Å²) in [5, 5.41) is 16.6. The maximum Gasteiger partial charge on any atom is 0.226 e. The van der Waals surface area contributed by atoms with Crippen LogP contribution >= 0.6 is 0 Å². The van der Waals surface area contributed by atoms with E-state index in [9.17, 15) is 9.90 Å². The molecule has 4 nitrogen and oxygen atoms in total. The molecule has 1 aromatic carbocycles. The van der Waals surface area contributed by atoms with E-state index in [1.807, 2.05) is 0 Å². The molecule has 1 aliphatic heterocycles. The predicted molar refractivity (Wildman–Crippen MR) is 101 cm³/mol. The molecule has 0 aromatic heterocycles. The first-order valence-electron chi connectivity index (χ1n) is 10.1. The van der Waals surface area contributed by atoms with Gasteiger partial charge in [-0.25, -0.2) is 0 Å². The highest BCUT2D eigenvalue weighted by molar-refractivity contribution is 5.83. The summed E-state index contributed by atoms with van der Waals surface area (Å²) in [6.45, 7) is 3.93. The van der Waals surface area contributed by atoms with Gasteiger partial charge < -0.3 is 15.7 Å². The molecule has 6 rings (SSSR count). The van der Waals surface area contributed by atoms with Gasteiger partial charge in [0.2, 0.25) is 5.91 Å². The molecule has 4 heteroatoms. The van der Waals surface area contributed by atoms with E-state index in [1.165, 1.54) is 24.8 Å². The molecule has 4 bridgehead atoms. The van der Waals surface area contributed by atoms with Gasteiger partial charge in [0.25, 0.3) is 0 Å². The van der Waals surface area contributed by atoms with Crippen LogP contribution in [0.25, 0.3) is 0 Å². The minimum Gasteiger partial charge on any atom is -0.385 e. The number of rotatable bonds is 4. The summed E-state index contributed by atoms with van der Waals surface area (Å²) in [6.07, 6.45) is 6.72. The van der Waals surface area contributed by atoms with Crippen molar-refractivity contribution in [2.75, 3.05) is 19.6 Å². The second-order valence-electron chi connectivity index (χ2n) is 10.3. The Morgan fingerprint density at radius 3 is 2.58 bits per heavy atom. The quantitative estimate of drug-likeness (QED) is 0.778. The van der Waals surface area contributed by atoms with Crippen molar-refractivity contribution in [3.05, 3.63) is 35.9 Å². The van der Waals surface area contributed by atoms with Crippen molar-refractivity contribution >= 4 is 5.91 Å². The third-order valence-electron chi connectivity index (χ3n) is 7.70. The van der Waals surface area contributed by atoms with E-state index in [2.05, 4.69) is 47.9 Å². The Kier molecular flexibility index (Phi) is 3.43. The van der Waals surface area contributed by atoms with Gasteiger partial charge >= 0.3 is 0 Å². The van der Waals surface area contributed by atoms with Gasteiger partial charge in [-0.3, -0.25) is 4.79 Å². The van der Waals surface area contributed by atoms with Crippen molar-refractivity contribution in [2.24, 2.45) is 16.7 Å². The van der Waals surface area contributed by atoms with E-state index in [4.69, 9.17) is 0 Å². The Bertz CT molecular complexity index is 731. The molecule has 4 aliphatic carbocycles. The molecule has 5 aliphatic rings. The zero-order valence-electron chi connectivity index (χ0n) is 15.7. The molecule has 4 atom stereocenters. The van der Waals surface area contributed by atoms with Crippen LogP contribution in [0.4, 0.5) is 0 Å². The molecule has 3 N–H and O–H groups in total. The first-order valence-corrected chi connectivity index (χ1v) is 10.1. The van der Waals surface area contributed by atoms with Crippen LogP contribution in [0.5, 0.6) is 0 Å². The van der Waals surface area contributed by atoms with E-state index in [0.717, 1.165) is 19.3 Å². The van der Waals surface area contributed by atoms with Crippen LogP contribution in [0.2, 0.25) is 0 Å². The van der Waals surface area contributed by atoms with Crippen LogP contribution < -0.4 is 10.6 Å². The van der Waals surface area contributed by atoms with Crippen molar-refractivity contribution in [1.82, 2.24) is 10.6 Å². The largest absolute Gasteiger partial charge is 0.385 e. The van der Waals surface area contributed by atoms with E-state index >= 15 is 0 Å². The molecule has 4 unspecified atom stereocenters. The zero-order chi connectivity index (χ0) is 18.0. The first-order chi connectivity index (χ1) is 12.3. The van der Waals surface area contributed by atoms with Crippen molar-refractivity contribution in [3.8, 4) is 0 Å². The fourth-order valence-electron chi connectivity index (χ4n) is 7.26. The number of benzene rings is 1. The van der Waals surface area contributed by atoms with Crippen molar-refractivity contribution < 1.29 is 9.90 Å². The number of β-amino-alcohol motifs (C(OH)–C–C–N with tert-alkyl or cyclic N) is 1. The average Bonchev–Trinajstić information content (AvgIpc) is 2.56. The number of nitrogens with one attached hydrogen (secondary N) is 2. The molecule has 4 saturated carbocycles. The van der Waals surface area contributed by atoms with Crippen LogP contribution in [0.1, 0.15) is 51.0 Å². The summed E-state index contributed by atoms with van der Waals surface area (Å²) in [7, 11) is 0. The Morgan fingerprint density at radius 2 is 1.92 bits per heavy atom. The molecule has 0 spiro atoms. The lowest BCUT2D eigenvalue weighted by Crippen LogP contribution is -2.67. The smallest absolute Gasteiger partial charge is 0.226 e. The first kappa shape index (κ1) is 16.8. The zero-order valence-corrected chi connectivity index (χ0v) is 15.7. The van der Waals surface area contributed by atoms with Crippen LogP contribution in [-0.2, 0) is 10.2 Å². The van der Waals surface area contributed by atoms with E-state index < -0.39 is 5.60 Å². The maximum atomic E-state index is 13.4. The number of hydrogen-bond acceptors (Lipinski definition) is 3. The molecule has 0 radical (unpaired) electrons. The monoisotopic (exact) mass is 354 g/mol. The van der Waals surface area contributed by atoms with E-state index in [-0.39, 0.29) is 22.2 Å². The molecule has 5 fully saturated rings. The Hall–Kier alpha value is -1.39. The number of aliphatic hydroxyl groups is 1. The molecule has 26 heavy (non-hydrogen) atoms.